The molecular formula is C19H22N6O4S2. The summed E-state index contributed by atoms with van der Waals surface area (Å²) < 4.78 is 28.3. The molecule has 2 N–H and O–H groups in total. The van der Waals surface area contributed by atoms with Gasteiger partial charge in [0.15, 0.2) is 5.82 Å². The van der Waals surface area contributed by atoms with Gasteiger partial charge in [0, 0.05) is 36.5 Å². The number of aromatic nitrogens is 3. The van der Waals surface area contributed by atoms with E-state index in [0.29, 0.717) is 35.4 Å². The number of non-ortho nitro benzene ring substituents is 1. The second-order valence-electron chi connectivity index (χ2n) is 6.51. The van der Waals surface area contributed by atoms with Crippen LogP contribution in [0.5, 0.6) is 0 Å². The number of nitrogen functional groups attached to an aromatic ring is 1. The van der Waals surface area contributed by atoms with Gasteiger partial charge in [-0.2, -0.15) is 4.31 Å². The van der Waals surface area contributed by atoms with E-state index >= 15 is 0 Å². The van der Waals surface area contributed by atoms with Gasteiger partial charge in [-0.15, -0.1) is 10.2 Å². The fourth-order valence-corrected chi connectivity index (χ4v) is 5.29. The van der Waals surface area contributed by atoms with E-state index < -0.39 is 14.9 Å². The Kier molecular flexibility index (Phi) is 6.93. The maximum atomic E-state index is 12.8. The van der Waals surface area contributed by atoms with E-state index in [4.69, 9.17) is 5.84 Å². The predicted molar refractivity (Wildman–Crippen MR) is 118 cm³/mol. The minimum atomic E-state index is -3.62. The Morgan fingerprint density at radius 2 is 1.84 bits per heavy atom. The summed E-state index contributed by atoms with van der Waals surface area (Å²) in [7, 11) is -3.62. The third-order valence-electron chi connectivity index (χ3n) is 4.59. The van der Waals surface area contributed by atoms with Crippen molar-refractivity contribution in [2.75, 3.05) is 18.9 Å². The zero-order chi connectivity index (χ0) is 22.6. The van der Waals surface area contributed by atoms with Gasteiger partial charge in [0.2, 0.25) is 15.2 Å². The summed E-state index contributed by atoms with van der Waals surface area (Å²) in [5, 5.41) is 19.5. The molecule has 0 aliphatic heterocycles. The maximum absolute atomic E-state index is 12.8. The molecule has 0 amide bonds. The molecule has 0 atom stereocenters. The van der Waals surface area contributed by atoms with Crippen LogP contribution in [0, 0.1) is 10.1 Å². The molecule has 0 unspecified atom stereocenters. The van der Waals surface area contributed by atoms with E-state index in [0.717, 1.165) is 5.56 Å². The van der Waals surface area contributed by atoms with Crippen LogP contribution in [0.15, 0.2) is 58.6 Å². The molecule has 0 spiro atoms. The molecule has 1 heterocycles. The smallest absolute Gasteiger partial charge is 0.269 e. The lowest BCUT2D eigenvalue weighted by molar-refractivity contribution is -0.384. The molecule has 164 valence electrons. The van der Waals surface area contributed by atoms with Gasteiger partial charge in [0.25, 0.3) is 5.69 Å². The average molecular weight is 463 g/mol. The van der Waals surface area contributed by atoms with Crippen molar-refractivity contribution in [1.29, 1.82) is 0 Å². The number of benzene rings is 2. The molecule has 10 nitrogen and oxygen atoms in total. The molecule has 0 bridgehead atoms. The van der Waals surface area contributed by atoms with E-state index in [1.54, 1.807) is 38.1 Å². The lowest BCUT2D eigenvalue weighted by Crippen LogP contribution is -2.30. The number of sulfonamides is 1. The van der Waals surface area contributed by atoms with Gasteiger partial charge in [-0.05, 0) is 17.7 Å². The molecule has 2 aromatic carbocycles. The Hall–Kier alpha value is -2.96. The fraction of sp³-hybridized carbons (Fsp3) is 0.263. The SMILES string of the molecule is CCN(CC)S(=O)(=O)c1cccc(-c2nnc(SCc3cccc([N+](=O)[O-])c3)n2N)c1. The molecule has 0 fully saturated rings. The first-order chi connectivity index (χ1) is 14.8. The maximum Gasteiger partial charge on any atom is 0.269 e. The standard InChI is InChI=1S/C19H22N6O4S2/c1-3-23(4-2)31(28,29)17-10-6-8-15(12-17)18-21-22-19(24(18)20)30-13-14-7-5-9-16(11-14)25(26)27/h5-12H,3-4,13,20H2,1-2H3. The summed E-state index contributed by atoms with van der Waals surface area (Å²) in [6.07, 6.45) is 0. The van der Waals surface area contributed by atoms with Crippen molar-refractivity contribution in [3.05, 3.63) is 64.2 Å². The number of rotatable bonds is 9. The quantitative estimate of drug-likeness (QED) is 0.222. The second kappa shape index (κ2) is 9.45. The Labute approximate surface area is 184 Å². The van der Waals surface area contributed by atoms with Crippen molar-refractivity contribution in [3.8, 4) is 11.4 Å². The van der Waals surface area contributed by atoms with Crippen molar-refractivity contribution in [3.63, 3.8) is 0 Å². The monoisotopic (exact) mass is 462 g/mol. The van der Waals surface area contributed by atoms with E-state index in [-0.39, 0.29) is 10.6 Å². The van der Waals surface area contributed by atoms with Crippen LogP contribution in [0.3, 0.4) is 0 Å². The van der Waals surface area contributed by atoms with Crippen LogP contribution in [0.25, 0.3) is 11.4 Å². The fourth-order valence-electron chi connectivity index (χ4n) is 2.99. The Balaban J connectivity index is 1.83. The largest absolute Gasteiger partial charge is 0.335 e. The van der Waals surface area contributed by atoms with E-state index in [1.165, 1.54) is 45.0 Å². The molecule has 0 saturated carbocycles. The van der Waals surface area contributed by atoms with Gasteiger partial charge in [0.05, 0.1) is 9.82 Å². The van der Waals surface area contributed by atoms with E-state index in [1.807, 2.05) is 0 Å². The van der Waals surface area contributed by atoms with Crippen LogP contribution in [-0.4, -0.2) is 45.6 Å². The molecule has 0 aliphatic carbocycles. The van der Waals surface area contributed by atoms with Gasteiger partial charge >= 0.3 is 0 Å². The summed E-state index contributed by atoms with van der Waals surface area (Å²) >= 11 is 1.27. The molecule has 0 radical (unpaired) electrons. The Morgan fingerprint density at radius 3 is 2.52 bits per heavy atom. The van der Waals surface area contributed by atoms with Crippen LogP contribution in [0.1, 0.15) is 19.4 Å². The van der Waals surface area contributed by atoms with Crippen molar-refractivity contribution < 1.29 is 13.3 Å². The molecule has 3 rings (SSSR count). The number of nitrogens with zero attached hydrogens (tertiary/aromatic N) is 5. The van der Waals surface area contributed by atoms with Crippen LogP contribution < -0.4 is 5.84 Å². The number of hydrogen-bond acceptors (Lipinski definition) is 8. The third-order valence-corrected chi connectivity index (χ3v) is 7.65. The van der Waals surface area contributed by atoms with Crippen LogP contribution >= 0.6 is 11.8 Å². The molecular weight excluding hydrogens is 440 g/mol. The molecule has 0 saturated heterocycles. The van der Waals surface area contributed by atoms with Gasteiger partial charge in [0.1, 0.15) is 0 Å². The summed E-state index contributed by atoms with van der Waals surface area (Å²) in [4.78, 5) is 10.6. The second-order valence-corrected chi connectivity index (χ2v) is 9.39. The lowest BCUT2D eigenvalue weighted by atomic mass is 10.2. The first-order valence-corrected chi connectivity index (χ1v) is 11.9. The highest BCUT2D eigenvalue weighted by Gasteiger charge is 2.23. The number of hydrogen-bond donors (Lipinski definition) is 1. The normalized spacial score (nSPS) is 11.7. The number of nitro groups is 1. The third kappa shape index (κ3) is 4.86. The highest BCUT2D eigenvalue weighted by molar-refractivity contribution is 7.98. The topological polar surface area (TPSA) is 137 Å². The average Bonchev–Trinajstić information content (AvgIpc) is 3.13. The molecule has 12 heteroatoms. The first kappa shape index (κ1) is 22.7. The van der Waals surface area contributed by atoms with Gasteiger partial charge < -0.3 is 5.84 Å². The minimum Gasteiger partial charge on any atom is -0.335 e. The van der Waals surface area contributed by atoms with Gasteiger partial charge in [-0.3, -0.25) is 10.1 Å². The van der Waals surface area contributed by atoms with Crippen molar-refractivity contribution in [2.45, 2.75) is 29.7 Å². The molecule has 1 aromatic heterocycles. The van der Waals surface area contributed by atoms with Gasteiger partial charge in [-0.1, -0.05) is 49.9 Å². The minimum absolute atomic E-state index is 0.0132. The van der Waals surface area contributed by atoms with Crippen LogP contribution in [-0.2, 0) is 15.8 Å². The lowest BCUT2D eigenvalue weighted by Gasteiger charge is -2.18. The molecule has 0 aliphatic rings. The van der Waals surface area contributed by atoms with E-state index in [9.17, 15) is 18.5 Å². The Morgan fingerprint density at radius 1 is 1.13 bits per heavy atom. The summed E-state index contributed by atoms with van der Waals surface area (Å²) in [6.45, 7) is 4.31. The summed E-state index contributed by atoms with van der Waals surface area (Å²) in [5.74, 6) is 6.88. The predicted octanol–water partition coefficient (Wildman–Crippen LogP) is 2.89. The van der Waals surface area contributed by atoms with E-state index in [2.05, 4.69) is 10.2 Å². The van der Waals surface area contributed by atoms with Crippen LogP contribution in [0.4, 0.5) is 5.69 Å². The molecule has 31 heavy (non-hydrogen) atoms. The highest BCUT2D eigenvalue weighted by Crippen LogP contribution is 2.27. The van der Waals surface area contributed by atoms with Gasteiger partial charge in [-0.25, -0.2) is 13.1 Å². The zero-order valence-corrected chi connectivity index (χ0v) is 18.6. The van der Waals surface area contributed by atoms with Crippen LogP contribution in [0.2, 0.25) is 0 Å². The number of nitro benzene ring substituents is 1. The highest BCUT2D eigenvalue weighted by atomic mass is 32.2. The number of thioether (sulfide) groups is 1. The van der Waals surface area contributed by atoms with Crippen molar-refractivity contribution >= 4 is 27.5 Å². The Bertz CT molecular complexity index is 1190. The number of nitrogens with two attached hydrogens (primary N) is 1. The van der Waals surface area contributed by atoms with Crippen molar-refractivity contribution in [1.82, 2.24) is 19.2 Å². The zero-order valence-electron chi connectivity index (χ0n) is 17.0. The van der Waals surface area contributed by atoms with Crippen molar-refractivity contribution in [2.24, 2.45) is 0 Å². The summed E-state index contributed by atoms with van der Waals surface area (Å²) in [5.41, 5.74) is 1.28. The first-order valence-electron chi connectivity index (χ1n) is 9.45. The summed E-state index contributed by atoms with van der Waals surface area (Å²) in [6, 6.07) is 12.7. The molecule has 3 aromatic rings.